The van der Waals surface area contributed by atoms with Gasteiger partial charge < -0.3 is 5.11 Å². The molecule has 0 amide bonds. The fourth-order valence-electron chi connectivity index (χ4n) is 7.66. The van der Waals surface area contributed by atoms with Crippen LogP contribution in [0, 0.1) is 0 Å². The predicted molar refractivity (Wildman–Crippen MR) is 225 cm³/mol. The summed E-state index contributed by atoms with van der Waals surface area (Å²) in [6, 6.07) is 45.0. The molecule has 0 aliphatic carbocycles. The molecule has 3 aromatic heterocycles. The Balaban J connectivity index is 1.43. The lowest BCUT2D eigenvalue weighted by molar-refractivity contribution is 0.446. The zero-order valence-electron chi connectivity index (χ0n) is 30.9. The van der Waals surface area contributed by atoms with Crippen molar-refractivity contribution in [1.29, 1.82) is 0 Å². The minimum atomic E-state index is -0.291. The van der Waals surface area contributed by atoms with Crippen LogP contribution in [-0.2, 0) is 10.8 Å². The standard InChI is InChI=1S/C48H41N3OS/c1-47(2,3)31-27-37(44(52)38(28-31)48(4,5)6)46-50-43-34(19-14-22-41(43)51(46)40-21-13-16-29-15-7-8-17-32(29)40)36-26-30(39-20-11-12-24-49-39)25-35-33-18-9-10-23-42(33)53-45(35)36/h7-28,52H,1-6H3. The Morgan fingerprint density at radius 1 is 0.623 bits per heavy atom. The summed E-state index contributed by atoms with van der Waals surface area (Å²) < 4.78 is 4.72. The zero-order chi connectivity index (χ0) is 36.6. The van der Waals surface area contributed by atoms with Crippen molar-refractivity contribution >= 4 is 53.3 Å². The molecular formula is C48H41N3OS. The Labute approximate surface area is 314 Å². The highest BCUT2D eigenvalue weighted by Crippen LogP contribution is 2.47. The van der Waals surface area contributed by atoms with Crippen molar-refractivity contribution in [3.8, 4) is 45.2 Å². The molecule has 0 bridgehead atoms. The highest BCUT2D eigenvalue weighted by molar-refractivity contribution is 7.26. The number of aromatic nitrogens is 3. The summed E-state index contributed by atoms with van der Waals surface area (Å²) in [7, 11) is 0. The minimum Gasteiger partial charge on any atom is -0.507 e. The lowest BCUT2D eigenvalue weighted by atomic mass is 9.79. The highest BCUT2D eigenvalue weighted by Gasteiger charge is 2.29. The van der Waals surface area contributed by atoms with Crippen LogP contribution in [-0.4, -0.2) is 19.6 Å². The maximum absolute atomic E-state index is 12.3. The number of aromatic hydroxyl groups is 1. The summed E-state index contributed by atoms with van der Waals surface area (Å²) in [5.41, 5.74) is 9.38. The van der Waals surface area contributed by atoms with Crippen LogP contribution in [0.5, 0.6) is 5.75 Å². The monoisotopic (exact) mass is 707 g/mol. The third-order valence-electron chi connectivity index (χ3n) is 10.4. The topological polar surface area (TPSA) is 50.9 Å². The van der Waals surface area contributed by atoms with Gasteiger partial charge in [0, 0.05) is 54.0 Å². The molecule has 0 spiro atoms. The van der Waals surface area contributed by atoms with E-state index in [9.17, 15) is 5.11 Å². The fraction of sp³-hybridized carbons (Fsp3) is 0.167. The first-order valence-corrected chi connectivity index (χ1v) is 19.0. The number of imidazole rings is 1. The molecule has 260 valence electrons. The van der Waals surface area contributed by atoms with Crippen LogP contribution in [0.25, 0.3) is 81.4 Å². The van der Waals surface area contributed by atoms with Gasteiger partial charge in [0.1, 0.15) is 11.6 Å². The van der Waals surface area contributed by atoms with E-state index in [1.807, 2.05) is 29.7 Å². The van der Waals surface area contributed by atoms with E-state index in [0.717, 1.165) is 66.6 Å². The predicted octanol–water partition coefficient (Wildman–Crippen LogP) is 13.2. The molecule has 0 aliphatic heterocycles. The van der Waals surface area contributed by atoms with Crippen molar-refractivity contribution in [2.24, 2.45) is 0 Å². The zero-order valence-corrected chi connectivity index (χ0v) is 31.7. The number of phenols is 1. The Kier molecular flexibility index (Phi) is 7.58. The number of thiophene rings is 1. The number of para-hydroxylation sites is 1. The largest absolute Gasteiger partial charge is 0.507 e. The van der Waals surface area contributed by atoms with E-state index in [-0.39, 0.29) is 16.6 Å². The first kappa shape index (κ1) is 33.1. The van der Waals surface area contributed by atoms with Gasteiger partial charge in [0.05, 0.1) is 28.0 Å². The van der Waals surface area contributed by atoms with E-state index in [2.05, 4.69) is 161 Å². The molecule has 53 heavy (non-hydrogen) atoms. The lowest BCUT2D eigenvalue weighted by Crippen LogP contribution is -2.17. The molecule has 9 aromatic rings. The van der Waals surface area contributed by atoms with Gasteiger partial charge in [-0.05, 0) is 70.3 Å². The molecule has 0 fully saturated rings. The number of pyridine rings is 1. The molecule has 0 unspecified atom stereocenters. The number of phenolic OH excluding ortho intramolecular Hbond substituents is 1. The fourth-order valence-corrected chi connectivity index (χ4v) is 8.87. The number of hydrogen-bond acceptors (Lipinski definition) is 4. The third kappa shape index (κ3) is 5.50. The number of rotatable bonds is 4. The molecule has 4 nitrogen and oxygen atoms in total. The van der Waals surface area contributed by atoms with Crippen molar-refractivity contribution in [2.75, 3.05) is 0 Å². The van der Waals surface area contributed by atoms with Crippen LogP contribution in [0.1, 0.15) is 52.7 Å². The normalized spacial score (nSPS) is 12.4. The van der Waals surface area contributed by atoms with Crippen LogP contribution >= 0.6 is 11.3 Å². The van der Waals surface area contributed by atoms with E-state index >= 15 is 0 Å². The quantitative estimate of drug-likeness (QED) is 0.198. The molecule has 6 aromatic carbocycles. The first-order chi connectivity index (χ1) is 25.5. The summed E-state index contributed by atoms with van der Waals surface area (Å²) >= 11 is 1.82. The van der Waals surface area contributed by atoms with E-state index in [1.54, 1.807) is 0 Å². The van der Waals surface area contributed by atoms with E-state index in [4.69, 9.17) is 9.97 Å². The number of hydrogen-bond donors (Lipinski definition) is 1. The first-order valence-electron chi connectivity index (χ1n) is 18.2. The van der Waals surface area contributed by atoms with Crippen LogP contribution < -0.4 is 0 Å². The van der Waals surface area contributed by atoms with Gasteiger partial charge in [-0.2, -0.15) is 0 Å². The van der Waals surface area contributed by atoms with Gasteiger partial charge >= 0.3 is 0 Å². The SMILES string of the molecule is CC(C)(C)c1cc(-c2nc3c(-c4cc(-c5ccccn5)cc5c4sc4ccccc45)cccc3n2-c2cccc3ccccc23)c(O)c(C(C)(C)C)c1. The lowest BCUT2D eigenvalue weighted by Gasteiger charge is -2.27. The van der Waals surface area contributed by atoms with Gasteiger partial charge in [-0.3, -0.25) is 9.55 Å². The summed E-state index contributed by atoms with van der Waals surface area (Å²) in [4.78, 5) is 10.4. The summed E-state index contributed by atoms with van der Waals surface area (Å²) in [6.45, 7) is 13.2. The number of fused-ring (bicyclic) bond motifs is 5. The smallest absolute Gasteiger partial charge is 0.149 e. The second-order valence-electron chi connectivity index (χ2n) is 16.1. The average molecular weight is 708 g/mol. The maximum Gasteiger partial charge on any atom is 0.149 e. The van der Waals surface area contributed by atoms with Gasteiger partial charge in [-0.1, -0.05) is 120 Å². The molecule has 3 heterocycles. The Bertz CT molecular complexity index is 2860. The Hall–Kier alpha value is -5.78. The molecule has 0 aliphatic rings. The van der Waals surface area contributed by atoms with E-state index < -0.39 is 0 Å². The molecule has 1 N–H and O–H groups in total. The Morgan fingerprint density at radius 2 is 1.36 bits per heavy atom. The van der Waals surface area contributed by atoms with Gasteiger partial charge in [-0.25, -0.2) is 4.98 Å². The van der Waals surface area contributed by atoms with Crippen LogP contribution in [0.3, 0.4) is 0 Å². The molecule has 0 radical (unpaired) electrons. The van der Waals surface area contributed by atoms with Gasteiger partial charge in [0.2, 0.25) is 0 Å². The minimum absolute atomic E-state index is 0.150. The van der Waals surface area contributed by atoms with Crippen molar-refractivity contribution in [2.45, 2.75) is 52.4 Å². The molecular weight excluding hydrogens is 667 g/mol. The molecule has 0 saturated heterocycles. The van der Waals surface area contributed by atoms with Gasteiger partial charge in [-0.15, -0.1) is 11.3 Å². The molecule has 5 heteroatoms. The number of nitrogens with zero attached hydrogens (tertiary/aromatic N) is 3. The second kappa shape index (κ2) is 12.1. The van der Waals surface area contributed by atoms with Gasteiger partial charge in [0.15, 0.2) is 0 Å². The Morgan fingerprint density at radius 3 is 2.13 bits per heavy atom. The van der Waals surface area contributed by atoms with Crippen molar-refractivity contribution in [3.05, 3.63) is 145 Å². The van der Waals surface area contributed by atoms with Crippen molar-refractivity contribution in [1.82, 2.24) is 14.5 Å². The third-order valence-corrected chi connectivity index (χ3v) is 11.7. The van der Waals surface area contributed by atoms with E-state index in [0.29, 0.717) is 5.82 Å². The average Bonchev–Trinajstić information content (AvgIpc) is 3.72. The van der Waals surface area contributed by atoms with Gasteiger partial charge in [0.25, 0.3) is 0 Å². The molecule has 0 atom stereocenters. The molecule has 9 rings (SSSR count). The van der Waals surface area contributed by atoms with Crippen molar-refractivity contribution in [3.63, 3.8) is 0 Å². The van der Waals surface area contributed by atoms with Crippen molar-refractivity contribution < 1.29 is 5.11 Å². The summed E-state index contributed by atoms with van der Waals surface area (Å²) in [6.07, 6.45) is 1.85. The van der Waals surface area contributed by atoms with Crippen LogP contribution in [0.15, 0.2) is 134 Å². The highest BCUT2D eigenvalue weighted by atomic mass is 32.1. The van der Waals surface area contributed by atoms with E-state index in [1.165, 1.54) is 20.2 Å². The number of benzene rings is 6. The summed E-state index contributed by atoms with van der Waals surface area (Å²) in [5.74, 6) is 0.985. The summed E-state index contributed by atoms with van der Waals surface area (Å²) in [5, 5.41) is 17.0. The van der Waals surface area contributed by atoms with Crippen LogP contribution in [0.4, 0.5) is 0 Å². The second-order valence-corrected chi connectivity index (χ2v) is 17.1. The molecule has 0 saturated carbocycles. The van der Waals surface area contributed by atoms with Crippen LogP contribution in [0.2, 0.25) is 0 Å². The maximum atomic E-state index is 12.3.